The SMILES string of the molecule is COc1ccc(/C=C/c2nc3s/c(=C\c4ccc(-c5ccc(Cl)cc5)o4)c(=O)n3n2)cc1OC. The second-order valence-corrected chi connectivity index (χ2v) is 8.68. The fourth-order valence-corrected chi connectivity index (χ4v) is 4.40. The Morgan fingerprint density at radius 1 is 1.00 bits per heavy atom. The minimum absolute atomic E-state index is 0.247. The molecule has 9 heteroatoms. The Balaban J connectivity index is 1.40. The number of methoxy groups -OCH3 is 2. The smallest absolute Gasteiger partial charge is 0.291 e. The van der Waals surface area contributed by atoms with Gasteiger partial charge >= 0.3 is 0 Å². The minimum atomic E-state index is -0.247. The van der Waals surface area contributed by atoms with E-state index in [2.05, 4.69) is 10.1 Å². The van der Waals surface area contributed by atoms with Crippen molar-refractivity contribution in [2.75, 3.05) is 14.2 Å². The Kier molecular flexibility index (Phi) is 5.91. The maximum atomic E-state index is 12.8. The van der Waals surface area contributed by atoms with Crippen LogP contribution in [0.3, 0.4) is 0 Å². The van der Waals surface area contributed by atoms with Gasteiger partial charge in [-0.15, -0.1) is 5.10 Å². The van der Waals surface area contributed by atoms with Crippen LogP contribution in [0.1, 0.15) is 17.1 Å². The zero-order chi connectivity index (χ0) is 23.7. The molecule has 7 nitrogen and oxygen atoms in total. The van der Waals surface area contributed by atoms with Crippen molar-refractivity contribution >= 4 is 46.1 Å². The topological polar surface area (TPSA) is 78.9 Å². The molecule has 0 saturated heterocycles. The van der Waals surface area contributed by atoms with Gasteiger partial charge in [-0.25, -0.2) is 0 Å². The first-order valence-corrected chi connectivity index (χ1v) is 11.4. The first kappa shape index (κ1) is 21.9. The van der Waals surface area contributed by atoms with Crippen molar-refractivity contribution in [2.45, 2.75) is 0 Å². The molecule has 0 fully saturated rings. The van der Waals surface area contributed by atoms with E-state index in [-0.39, 0.29) is 5.56 Å². The first-order chi connectivity index (χ1) is 16.5. The summed E-state index contributed by atoms with van der Waals surface area (Å²) in [7, 11) is 3.17. The number of furan rings is 1. The van der Waals surface area contributed by atoms with E-state index >= 15 is 0 Å². The lowest BCUT2D eigenvalue weighted by molar-refractivity contribution is 0.355. The van der Waals surface area contributed by atoms with Crippen molar-refractivity contribution in [2.24, 2.45) is 0 Å². The van der Waals surface area contributed by atoms with Gasteiger partial charge in [0.25, 0.3) is 5.56 Å². The van der Waals surface area contributed by atoms with Gasteiger partial charge in [0.05, 0.1) is 14.2 Å². The number of hydrogen-bond acceptors (Lipinski definition) is 7. The molecule has 0 aliphatic rings. The number of benzene rings is 2. The van der Waals surface area contributed by atoms with Crippen molar-refractivity contribution in [1.29, 1.82) is 0 Å². The molecule has 0 N–H and O–H groups in total. The van der Waals surface area contributed by atoms with E-state index in [4.69, 9.17) is 25.5 Å². The summed E-state index contributed by atoms with van der Waals surface area (Å²) >= 11 is 7.20. The lowest BCUT2D eigenvalue weighted by Crippen LogP contribution is -2.23. The lowest BCUT2D eigenvalue weighted by atomic mass is 10.2. The number of fused-ring (bicyclic) bond motifs is 1. The maximum absolute atomic E-state index is 12.8. The molecule has 2 aromatic carbocycles. The first-order valence-electron chi connectivity index (χ1n) is 10.2. The molecule has 34 heavy (non-hydrogen) atoms. The van der Waals surface area contributed by atoms with Gasteiger partial charge in [-0.2, -0.15) is 9.50 Å². The van der Waals surface area contributed by atoms with E-state index in [9.17, 15) is 4.79 Å². The molecule has 3 aromatic heterocycles. The quantitative estimate of drug-likeness (QED) is 0.339. The van der Waals surface area contributed by atoms with Crippen molar-refractivity contribution < 1.29 is 13.9 Å². The van der Waals surface area contributed by atoms with Crippen molar-refractivity contribution in [1.82, 2.24) is 14.6 Å². The van der Waals surface area contributed by atoms with E-state index in [1.807, 2.05) is 48.5 Å². The Hall–Kier alpha value is -3.88. The molecule has 5 rings (SSSR count). The van der Waals surface area contributed by atoms with Crippen LogP contribution in [0.5, 0.6) is 11.5 Å². The number of thiazole rings is 1. The Labute approximate surface area is 203 Å². The zero-order valence-electron chi connectivity index (χ0n) is 18.2. The third-order valence-corrected chi connectivity index (χ3v) is 6.27. The van der Waals surface area contributed by atoms with Crippen LogP contribution in [0, 0.1) is 0 Å². The average molecular weight is 492 g/mol. The van der Waals surface area contributed by atoms with Crippen molar-refractivity contribution in [3.05, 3.63) is 91.7 Å². The Bertz CT molecular complexity index is 1620. The fourth-order valence-electron chi connectivity index (χ4n) is 3.38. The van der Waals surface area contributed by atoms with Gasteiger partial charge in [-0.05, 0) is 60.2 Å². The minimum Gasteiger partial charge on any atom is -0.493 e. The van der Waals surface area contributed by atoms with E-state index < -0.39 is 0 Å². The third kappa shape index (κ3) is 4.33. The van der Waals surface area contributed by atoms with Gasteiger partial charge in [0.15, 0.2) is 17.3 Å². The highest BCUT2D eigenvalue weighted by Gasteiger charge is 2.10. The third-order valence-electron chi connectivity index (χ3n) is 5.06. The van der Waals surface area contributed by atoms with Crippen LogP contribution < -0.4 is 19.6 Å². The summed E-state index contributed by atoms with van der Waals surface area (Å²) in [4.78, 5) is 17.8. The number of ether oxygens (including phenoxy) is 2. The number of nitrogens with zero attached hydrogens (tertiary/aromatic N) is 3. The van der Waals surface area contributed by atoms with Crippen LogP contribution >= 0.6 is 22.9 Å². The van der Waals surface area contributed by atoms with Gasteiger partial charge < -0.3 is 13.9 Å². The molecule has 0 atom stereocenters. The Morgan fingerprint density at radius 2 is 1.79 bits per heavy atom. The second kappa shape index (κ2) is 9.17. The van der Waals surface area contributed by atoms with E-state index in [0.29, 0.717) is 43.4 Å². The molecule has 0 aliphatic heterocycles. The lowest BCUT2D eigenvalue weighted by Gasteiger charge is -2.07. The fraction of sp³-hybridized carbons (Fsp3) is 0.0800. The largest absolute Gasteiger partial charge is 0.493 e. The standard InChI is InChI=1S/C25H18ClN3O4S/c1-31-20-10-3-15(13-21(20)32-2)4-12-23-27-25-29(28-23)24(30)22(34-25)14-18-9-11-19(33-18)16-5-7-17(26)8-6-16/h3-14H,1-2H3/b12-4+,22-14-. The number of hydrogen-bond donors (Lipinski definition) is 0. The summed E-state index contributed by atoms with van der Waals surface area (Å²) in [5, 5.41) is 4.98. The monoisotopic (exact) mass is 491 g/mol. The van der Waals surface area contributed by atoms with Gasteiger partial charge in [0.2, 0.25) is 4.96 Å². The van der Waals surface area contributed by atoms with Crippen LogP contribution in [-0.4, -0.2) is 28.8 Å². The maximum Gasteiger partial charge on any atom is 0.291 e. The molecule has 0 spiro atoms. The van der Waals surface area contributed by atoms with E-state index in [1.54, 1.807) is 38.5 Å². The van der Waals surface area contributed by atoms with Crippen molar-refractivity contribution in [3.63, 3.8) is 0 Å². The predicted octanol–water partition coefficient (Wildman–Crippen LogP) is 4.80. The van der Waals surface area contributed by atoms with Crippen molar-refractivity contribution in [3.8, 4) is 22.8 Å². The van der Waals surface area contributed by atoms with Gasteiger partial charge in [-0.1, -0.05) is 35.1 Å². The normalized spacial score (nSPS) is 12.1. The second-order valence-electron chi connectivity index (χ2n) is 7.24. The molecule has 0 radical (unpaired) electrons. The summed E-state index contributed by atoms with van der Waals surface area (Å²) in [6.45, 7) is 0. The van der Waals surface area contributed by atoms with E-state index in [1.165, 1.54) is 15.9 Å². The molecule has 3 heterocycles. The molecule has 0 aliphatic carbocycles. The van der Waals surface area contributed by atoms with Crippen LogP contribution in [0.4, 0.5) is 0 Å². The summed E-state index contributed by atoms with van der Waals surface area (Å²) in [6.07, 6.45) is 5.29. The molecule has 0 amide bonds. The van der Waals surface area contributed by atoms with E-state index in [0.717, 1.165) is 11.1 Å². The molecule has 5 aromatic rings. The summed E-state index contributed by atoms with van der Waals surface area (Å²) in [6, 6.07) is 16.6. The van der Waals surface area contributed by atoms with Gasteiger partial charge in [0, 0.05) is 16.7 Å². The molecule has 0 saturated carbocycles. The summed E-state index contributed by atoms with van der Waals surface area (Å²) < 4.78 is 18.2. The summed E-state index contributed by atoms with van der Waals surface area (Å²) in [5.74, 6) is 2.98. The molecular formula is C25H18ClN3O4S. The van der Waals surface area contributed by atoms with Gasteiger partial charge in [0.1, 0.15) is 16.1 Å². The van der Waals surface area contributed by atoms with Gasteiger partial charge in [-0.3, -0.25) is 4.79 Å². The highest BCUT2D eigenvalue weighted by atomic mass is 35.5. The molecule has 0 unspecified atom stereocenters. The molecule has 170 valence electrons. The number of halogens is 1. The number of aromatic nitrogens is 3. The highest BCUT2D eigenvalue weighted by Crippen LogP contribution is 2.28. The van der Waals surface area contributed by atoms with Crippen LogP contribution in [0.25, 0.3) is 34.5 Å². The highest BCUT2D eigenvalue weighted by molar-refractivity contribution is 7.15. The molecular weight excluding hydrogens is 474 g/mol. The van der Waals surface area contributed by atoms with Crippen LogP contribution in [-0.2, 0) is 0 Å². The van der Waals surface area contributed by atoms with Crippen LogP contribution in [0.15, 0.2) is 63.8 Å². The summed E-state index contributed by atoms with van der Waals surface area (Å²) in [5.41, 5.74) is 1.55. The van der Waals surface area contributed by atoms with Crippen LogP contribution in [0.2, 0.25) is 5.02 Å². The molecule has 0 bridgehead atoms. The Morgan fingerprint density at radius 3 is 2.53 bits per heavy atom. The predicted molar refractivity (Wildman–Crippen MR) is 134 cm³/mol. The number of rotatable bonds is 6. The average Bonchev–Trinajstić information content (AvgIpc) is 3.55. The zero-order valence-corrected chi connectivity index (χ0v) is 19.8.